The Morgan fingerprint density at radius 3 is 2.39 bits per heavy atom. The first-order valence-corrected chi connectivity index (χ1v) is 11.0. The topological polar surface area (TPSA) is 54.2 Å². The van der Waals surface area contributed by atoms with E-state index in [1.54, 1.807) is 24.3 Å². The molecule has 164 valence electrons. The maximum absolute atomic E-state index is 13.5. The summed E-state index contributed by atoms with van der Waals surface area (Å²) in [5, 5.41) is 8.71. The van der Waals surface area contributed by atoms with E-state index in [0.717, 1.165) is 28.1 Å². The van der Waals surface area contributed by atoms with Crippen LogP contribution in [0.3, 0.4) is 0 Å². The van der Waals surface area contributed by atoms with Crippen molar-refractivity contribution in [1.29, 1.82) is 0 Å². The van der Waals surface area contributed by atoms with Gasteiger partial charge in [-0.3, -0.25) is 4.90 Å². The number of thiocarbonyl (C=S) groups is 1. The molecule has 0 saturated carbocycles. The van der Waals surface area contributed by atoms with E-state index in [1.807, 2.05) is 54.3 Å². The van der Waals surface area contributed by atoms with Crippen LogP contribution in [0, 0.1) is 5.82 Å². The van der Waals surface area contributed by atoms with Gasteiger partial charge in [-0.25, -0.2) is 4.39 Å². The number of aromatic nitrogens is 2. The van der Waals surface area contributed by atoms with E-state index in [1.165, 1.54) is 12.1 Å². The first-order chi connectivity index (χ1) is 16.0. The summed E-state index contributed by atoms with van der Waals surface area (Å²) >= 11 is 11.7. The van der Waals surface area contributed by atoms with Crippen LogP contribution in [0.15, 0.2) is 89.1 Å². The van der Waals surface area contributed by atoms with Crippen LogP contribution in [-0.4, -0.2) is 15.3 Å². The van der Waals surface area contributed by atoms with Crippen molar-refractivity contribution in [1.82, 2.24) is 15.5 Å². The standard InChI is InChI=1S/C25H18ClFN4OS/c1-15-21(24-29-23(30-32-24)17-7-9-18(26)10-8-17)22(16-5-3-2-4-6-16)28-25(33)31(15)20-13-11-19(27)12-14-20/h2-14,22H,1H3,(H,28,33). The van der Waals surface area contributed by atoms with Gasteiger partial charge in [0.1, 0.15) is 5.82 Å². The van der Waals surface area contributed by atoms with Crippen LogP contribution in [0.25, 0.3) is 17.0 Å². The monoisotopic (exact) mass is 476 g/mol. The molecule has 33 heavy (non-hydrogen) atoms. The average molecular weight is 477 g/mol. The molecule has 8 heteroatoms. The predicted octanol–water partition coefficient (Wildman–Crippen LogP) is 6.40. The van der Waals surface area contributed by atoms with E-state index < -0.39 is 0 Å². The van der Waals surface area contributed by atoms with Crippen LogP contribution in [0.1, 0.15) is 24.4 Å². The number of rotatable bonds is 4. The fourth-order valence-electron chi connectivity index (χ4n) is 3.87. The van der Waals surface area contributed by atoms with Gasteiger partial charge in [0, 0.05) is 22.0 Å². The van der Waals surface area contributed by atoms with Crippen molar-refractivity contribution < 1.29 is 8.91 Å². The van der Waals surface area contributed by atoms with Crippen molar-refractivity contribution in [2.75, 3.05) is 4.90 Å². The van der Waals surface area contributed by atoms with Gasteiger partial charge < -0.3 is 9.84 Å². The normalized spacial score (nSPS) is 16.2. The van der Waals surface area contributed by atoms with E-state index in [4.69, 9.17) is 28.3 Å². The molecule has 1 atom stereocenters. The molecule has 1 N–H and O–H groups in total. The molecule has 0 spiro atoms. The van der Waals surface area contributed by atoms with Gasteiger partial charge in [-0.2, -0.15) is 4.98 Å². The summed E-state index contributed by atoms with van der Waals surface area (Å²) < 4.78 is 19.3. The van der Waals surface area contributed by atoms with Crippen molar-refractivity contribution in [2.45, 2.75) is 13.0 Å². The number of allylic oxidation sites excluding steroid dienone is 1. The zero-order valence-electron chi connectivity index (χ0n) is 17.5. The second-order valence-corrected chi connectivity index (χ2v) is 8.36. The Bertz CT molecular complexity index is 1340. The first-order valence-electron chi connectivity index (χ1n) is 10.2. The average Bonchev–Trinajstić information content (AvgIpc) is 3.30. The molecule has 2 heterocycles. The van der Waals surface area contributed by atoms with Crippen LogP contribution in [-0.2, 0) is 0 Å². The molecule has 4 aromatic rings. The van der Waals surface area contributed by atoms with Crippen LogP contribution in [0.2, 0.25) is 5.02 Å². The van der Waals surface area contributed by atoms with Crippen LogP contribution in [0.4, 0.5) is 10.1 Å². The number of nitrogens with zero attached hydrogens (tertiary/aromatic N) is 3. The molecule has 0 amide bonds. The quantitative estimate of drug-likeness (QED) is 0.344. The number of anilines is 1. The number of benzene rings is 3. The van der Waals surface area contributed by atoms with Gasteiger partial charge in [-0.1, -0.05) is 47.1 Å². The minimum Gasteiger partial charge on any atom is -0.351 e. The third-order valence-electron chi connectivity index (χ3n) is 5.46. The Hall–Kier alpha value is -3.55. The Kier molecular flexibility index (Phi) is 5.66. The van der Waals surface area contributed by atoms with E-state index in [2.05, 4.69) is 15.5 Å². The van der Waals surface area contributed by atoms with Gasteiger partial charge in [-0.05, 0) is 73.2 Å². The zero-order chi connectivity index (χ0) is 22.9. The third kappa shape index (κ3) is 4.13. The van der Waals surface area contributed by atoms with Crippen LogP contribution in [0.5, 0.6) is 0 Å². The molecule has 0 aliphatic carbocycles. The fourth-order valence-corrected chi connectivity index (χ4v) is 4.35. The number of hydrogen-bond acceptors (Lipinski definition) is 4. The van der Waals surface area contributed by atoms with Crippen molar-refractivity contribution in [2.24, 2.45) is 0 Å². The predicted molar refractivity (Wildman–Crippen MR) is 131 cm³/mol. The lowest BCUT2D eigenvalue weighted by molar-refractivity contribution is 0.404. The molecule has 1 aliphatic rings. The minimum atomic E-state index is -0.317. The zero-order valence-corrected chi connectivity index (χ0v) is 19.1. The lowest BCUT2D eigenvalue weighted by Gasteiger charge is -2.37. The lowest BCUT2D eigenvalue weighted by Crippen LogP contribution is -2.46. The summed E-state index contributed by atoms with van der Waals surface area (Å²) in [6, 6.07) is 23.0. The smallest absolute Gasteiger partial charge is 0.258 e. The van der Waals surface area contributed by atoms with Gasteiger partial charge in [0.25, 0.3) is 5.89 Å². The Labute approximate surface area is 200 Å². The molecule has 0 fully saturated rings. The molecule has 0 radical (unpaired) electrons. The molecule has 1 aromatic heterocycles. The molecular formula is C25H18ClFN4OS. The second kappa shape index (κ2) is 8.77. The van der Waals surface area contributed by atoms with Gasteiger partial charge in [0.15, 0.2) is 5.11 Å². The fraction of sp³-hybridized carbons (Fsp3) is 0.0800. The van der Waals surface area contributed by atoms with Crippen LogP contribution < -0.4 is 10.2 Å². The largest absolute Gasteiger partial charge is 0.351 e. The summed E-state index contributed by atoms with van der Waals surface area (Å²) in [6.45, 7) is 1.94. The van der Waals surface area contributed by atoms with E-state index in [0.29, 0.717) is 21.9 Å². The van der Waals surface area contributed by atoms with Crippen molar-refractivity contribution in [3.05, 3.63) is 107 Å². The molecule has 5 nitrogen and oxygen atoms in total. The van der Waals surface area contributed by atoms with Gasteiger partial charge >= 0.3 is 0 Å². The van der Waals surface area contributed by atoms with Crippen molar-refractivity contribution in [3.63, 3.8) is 0 Å². The molecule has 1 unspecified atom stereocenters. The Morgan fingerprint density at radius 1 is 1.00 bits per heavy atom. The summed E-state index contributed by atoms with van der Waals surface area (Å²) in [5.74, 6) is 0.506. The molecular weight excluding hydrogens is 459 g/mol. The highest BCUT2D eigenvalue weighted by atomic mass is 35.5. The molecule has 0 saturated heterocycles. The number of nitrogens with one attached hydrogen (secondary N) is 1. The summed E-state index contributed by atoms with van der Waals surface area (Å²) in [5.41, 5.74) is 4.11. The van der Waals surface area contributed by atoms with Crippen molar-refractivity contribution >= 4 is 40.2 Å². The maximum Gasteiger partial charge on any atom is 0.258 e. The summed E-state index contributed by atoms with van der Waals surface area (Å²) in [7, 11) is 0. The number of halogens is 2. The molecule has 0 bridgehead atoms. The SMILES string of the molecule is CC1=C(c2nc(-c3ccc(Cl)cc3)no2)C(c2ccccc2)NC(=S)N1c1ccc(F)cc1. The van der Waals surface area contributed by atoms with Gasteiger partial charge in [0.05, 0.1) is 11.6 Å². The van der Waals surface area contributed by atoms with Gasteiger partial charge in [-0.15, -0.1) is 0 Å². The highest BCUT2D eigenvalue weighted by Gasteiger charge is 2.34. The lowest BCUT2D eigenvalue weighted by atomic mass is 9.94. The Balaban J connectivity index is 1.64. The Morgan fingerprint density at radius 2 is 1.70 bits per heavy atom. The number of hydrogen-bond donors (Lipinski definition) is 1. The maximum atomic E-state index is 13.5. The minimum absolute atomic E-state index is 0.297. The summed E-state index contributed by atoms with van der Waals surface area (Å²) in [4.78, 5) is 6.52. The van der Waals surface area contributed by atoms with Crippen molar-refractivity contribution in [3.8, 4) is 11.4 Å². The van der Waals surface area contributed by atoms with E-state index in [-0.39, 0.29) is 11.9 Å². The molecule has 3 aromatic carbocycles. The van der Waals surface area contributed by atoms with E-state index >= 15 is 0 Å². The highest BCUT2D eigenvalue weighted by molar-refractivity contribution is 7.80. The van der Waals surface area contributed by atoms with E-state index in [9.17, 15) is 4.39 Å². The third-order valence-corrected chi connectivity index (χ3v) is 6.01. The second-order valence-electron chi connectivity index (χ2n) is 7.53. The first kappa shape index (κ1) is 21.3. The summed E-state index contributed by atoms with van der Waals surface area (Å²) in [6.07, 6.45) is 0. The molecule has 1 aliphatic heterocycles. The highest BCUT2D eigenvalue weighted by Crippen LogP contribution is 2.39. The van der Waals surface area contributed by atoms with Gasteiger partial charge in [0.2, 0.25) is 5.82 Å². The van der Waals surface area contributed by atoms with Crippen LogP contribution >= 0.6 is 23.8 Å². The molecule has 5 rings (SSSR count).